The lowest BCUT2D eigenvalue weighted by atomic mass is 9.89. The number of hydrogen-bond acceptors (Lipinski definition) is 7. The highest BCUT2D eigenvalue weighted by atomic mass is 32.2. The Bertz CT molecular complexity index is 972. The zero-order valence-electron chi connectivity index (χ0n) is 17.7. The molecule has 3 rings (SSSR count). The van der Waals surface area contributed by atoms with Gasteiger partial charge in [0.1, 0.15) is 0 Å². The van der Waals surface area contributed by atoms with E-state index in [-0.39, 0.29) is 34.8 Å². The first-order valence-electron chi connectivity index (χ1n) is 10.2. The van der Waals surface area contributed by atoms with Crippen molar-refractivity contribution in [2.75, 3.05) is 26.4 Å². The Morgan fingerprint density at radius 2 is 1.06 bits per heavy atom. The topological polar surface area (TPSA) is 96.0 Å². The lowest BCUT2D eigenvalue weighted by Gasteiger charge is -2.23. The van der Waals surface area contributed by atoms with E-state index in [0.717, 1.165) is 11.1 Å². The predicted octanol–water partition coefficient (Wildman–Crippen LogP) is 3.46. The molecule has 0 bridgehead atoms. The van der Waals surface area contributed by atoms with Crippen LogP contribution in [-0.4, -0.2) is 43.3 Å². The summed E-state index contributed by atoms with van der Waals surface area (Å²) >= 11 is 0. The zero-order valence-corrected chi connectivity index (χ0v) is 19.3. The van der Waals surface area contributed by atoms with Crippen LogP contribution >= 0.6 is 0 Å². The highest BCUT2D eigenvalue weighted by molar-refractivity contribution is 7.87. The molecule has 31 heavy (non-hydrogen) atoms. The summed E-state index contributed by atoms with van der Waals surface area (Å²) in [6, 6.07) is 12.9. The van der Waals surface area contributed by atoms with Crippen LogP contribution < -0.4 is 0 Å². The van der Waals surface area contributed by atoms with Crippen molar-refractivity contribution >= 4 is 20.2 Å². The van der Waals surface area contributed by atoms with E-state index >= 15 is 0 Å². The summed E-state index contributed by atoms with van der Waals surface area (Å²) in [6.07, 6.45) is 1.12. The van der Waals surface area contributed by atoms with Crippen molar-refractivity contribution in [1.82, 2.24) is 0 Å². The molecule has 1 aliphatic heterocycles. The molecule has 1 aliphatic rings. The zero-order chi connectivity index (χ0) is 22.5. The molecular weight excluding hydrogens is 440 g/mol. The average molecular weight is 469 g/mol. The van der Waals surface area contributed by atoms with Gasteiger partial charge < -0.3 is 4.74 Å². The van der Waals surface area contributed by atoms with Gasteiger partial charge >= 0.3 is 0 Å². The van der Waals surface area contributed by atoms with Gasteiger partial charge in [-0.3, -0.25) is 8.37 Å². The van der Waals surface area contributed by atoms with E-state index in [0.29, 0.717) is 26.1 Å². The number of ether oxygens (including phenoxy) is 1. The van der Waals surface area contributed by atoms with Gasteiger partial charge in [0.2, 0.25) is 0 Å². The fourth-order valence-electron chi connectivity index (χ4n) is 3.38. The molecule has 2 aromatic carbocycles. The maximum atomic E-state index is 12.5. The van der Waals surface area contributed by atoms with Gasteiger partial charge in [0.05, 0.1) is 23.0 Å². The molecule has 1 fully saturated rings. The second-order valence-electron chi connectivity index (χ2n) is 7.81. The quantitative estimate of drug-likeness (QED) is 0.548. The van der Waals surface area contributed by atoms with Crippen molar-refractivity contribution in [1.29, 1.82) is 0 Å². The smallest absolute Gasteiger partial charge is 0.296 e. The van der Waals surface area contributed by atoms with Gasteiger partial charge in [-0.1, -0.05) is 35.4 Å². The van der Waals surface area contributed by atoms with E-state index in [1.165, 1.54) is 24.3 Å². The van der Waals surface area contributed by atoms with Gasteiger partial charge in [-0.25, -0.2) is 0 Å². The fraction of sp³-hybridized carbons (Fsp3) is 0.455. The molecular formula is C22H28O7S2. The third kappa shape index (κ3) is 6.60. The Hall–Kier alpha value is -1.78. The maximum Gasteiger partial charge on any atom is 0.296 e. The molecule has 2 aromatic rings. The van der Waals surface area contributed by atoms with Crippen molar-refractivity contribution in [3.8, 4) is 0 Å². The second-order valence-corrected chi connectivity index (χ2v) is 11.0. The molecule has 0 aliphatic carbocycles. The number of aryl methyl sites for hydroxylation is 2. The van der Waals surface area contributed by atoms with Crippen LogP contribution in [0.1, 0.15) is 24.0 Å². The first-order chi connectivity index (χ1) is 14.7. The molecule has 0 amide bonds. The third-order valence-corrected chi connectivity index (χ3v) is 8.02. The molecule has 0 N–H and O–H groups in total. The monoisotopic (exact) mass is 468 g/mol. The van der Waals surface area contributed by atoms with Gasteiger partial charge in [-0.05, 0) is 62.8 Å². The van der Waals surface area contributed by atoms with Crippen LogP contribution in [0.5, 0.6) is 0 Å². The summed E-state index contributed by atoms with van der Waals surface area (Å²) in [6.45, 7) is 4.55. The van der Waals surface area contributed by atoms with E-state index in [2.05, 4.69) is 0 Å². The molecule has 2 atom stereocenters. The molecule has 1 saturated heterocycles. The number of hydrogen-bond donors (Lipinski definition) is 0. The minimum atomic E-state index is -3.90. The van der Waals surface area contributed by atoms with Crippen LogP contribution in [-0.2, 0) is 33.3 Å². The summed E-state index contributed by atoms with van der Waals surface area (Å²) in [5.41, 5.74) is 1.90. The van der Waals surface area contributed by atoms with Crippen LogP contribution in [0.2, 0.25) is 0 Å². The molecule has 0 radical (unpaired) electrons. The molecule has 0 aromatic heterocycles. The van der Waals surface area contributed by atoms with Crippen molar-refractivity contribution in [3.05, 3.63) is 59.7 Å². The normalized spacial score (nSPS) is 20.3. The summed E-state index contributed by atoms with van der Waals surface area (Å²) in [4.78, 5) is 0.190. The average Bonchev–Trinajstić information content (AvgIpc) is 2.96. The largest absolute Gasteiger partial charge is 0.381 e. The number of rotatable bonds is 8. The second kappa shape index (κ2) is 10.2. The van der Waals surface area contributed by atoms with E-state index in [9.17, 15) is 16.8 Å². The van der Waals surface area contributed by atoms with E-state index in [1.54, 1.807) is 24.3 Å². The SMILES string of the molecule is Cc1ccc(S(=O)(=O)OCC2CCOCCC2COS(=O)(=O)c2ccc(C)cc2)cc1. The van der Waals surface area contributed by atoms with Crippen molar-refractivity contribution in [3.63, 3.8) is 0 Å². The van der Waals surface area contributed by atoms with Crippen LogP contribution in [0, 0.1) is 25.7 Å². The Balaban J connectivity index is 1.65. The molecule has 7 nitrogen and oxygen atoms in total. The maximum absolute atomic E-state index is 12.5. The van der Waals surface area contributed by atoms with Crippen LogP contribution in [0.3, 0.4) is 0 Å². The predicted molar refractivity (Wildman–Crippen MR) is 116 cm³/mol. The fourth-order valence-corrected chi connectivity index (χ4v) is 5.30. The summed E-state index contributed by atoms with van der Waals surface area (Å²) in [5.74, 6) is -0.424. The van der Waals surface area contributed by atoms with Gasteiger partial charge in [0, 0.05) is 13.2 Å². The Morgan fingerprint density at radius 3 is 1.42 bits per heavy atom. The van der Waals surface area contributed by atoms with Crippen molar-refractivity contribution in [2.45, 2.75) is 36.5 Å². The van der Waals surface area contributed by atoms with Gasteiger partial charge in [-0.15, -0.1) is 0 Å². The molecule has 9 heteroatoms. The molecule has 2 unspecified atom stereocenters. The van der Waals surface area contributed by atoms with Gasteiger partial charge in [0.25, 0.3) is 20.2 Å². The Labute approximate surface area is 184 Å². The molecule has 1 heterocycles. The lowest BCUT2D eigenvalue weighted by molar-refractivity contribution is 0.137. The van der Waals surface area contributed by atoms with E-state index < -0.39 is 20.2 Å². The number of benzene rings is 2. The minimum Gasteiger partial charge on any atom is -0.381 e. The van der Waals surface area contributed by atoms with E-state index in [4.69, 9.17) is 13.1 Å². The highest BCUT2D eigenvalue weighted by Crippen LogP contribution is 2.27. The first-order valence-corrected chi connectivity index (χ1v) is 13.0. The molecule has 170 valence electrons. The Kier molecular flexibility index (Phi) is 7.87. The van der Waals surface area contributed by atoms with Crippen LogP contribution in [0.25, 0.3) is 0 Å². The first kappa shape index (κ1) is 23.9. The lowest BCUT2D eigenvalue weighted by Crippen LogP contribution is -2.27. The van der Waals surface area contributed by atoms with E-state index in [1.807, 2.05) is 13.8 Å². The van der Waals surface area contributed by atoms with Crippen LogP contribution in [0.4, 0.5) is 0 Å². The molecule has 0 spiro atoms. The van der Waals surface area contributed by atoms with Crippen molar-refractivity contribution in [2.24, 2.45) is 11.8 Å². The molecule has 0 saturated carbocycles. The Morgan fingerprint density at radius 1 is 0.710 bits per heavy atom. The van der Waals surface area contributed by atoms with Crippen molar-refractivity contribution < 1.29 is 29.9 Å². The van der Waals surface area contributed by atoms with Crippen LogP contribution in [0.15, 0.2) is 58.3 Å². The minimum absolute atomic E-state index is 0.0574. The summed E-state index contributed by atoms with van der Waals surface area (Å²) < 4.78 is 66.3. The summed E-state index contributed by atoms with van der Waals surface area (Å²) in [7, 11) is -7.80. The van der Waals surface area contributed by atoms with Gasteiger partial charge in [-0.2, -0.15) is 16.8 Å². The third-order valence-electron chi connectivity index (χ3n) is 5.43. The highest BCUT2D eigenvalue weighted by Gasteiger charge is 2.29. The summed E-state index contributed by atoms with van der Waals surface area (Å²) in [5, 5.41) is 0. The standard InChI is InChI=1S/C22H28O7S2/c1-17-3-7-21(8-4-17)30(23,24)28-15-19-11-13-27-14-12-20(19)16-29-31(25,26)22-9-5-18(2)6-10-22/h3-10,19-20H,11-16H2,1-2H3. The van der Waals surface area contributed by atoms with Gasteiger partial charge in [0.15, 0.2) is 0 Å².